The van der Waals surface area contributed by atoms with Crippen LogP contribution < -0.4 is 4.72 Å². The van der Waals surface area contributed by atoms with Gasteiger partial charge in [-0.25, -0.2) is 8.42 Å². The summed E-state index contributed by atoms with van der Waals surface area (Å²) >= 11 is 0. The van der Waals surface area contributed by atoms with Crippen molar-refractivity contribution in [3.63, 3.8) is 0 Å². The van der Waals surface area contributed by atoms with Crippen molar-refractivity contribution >= 4 is 16.0 Å². The van der Waals surface area contributed by atoms with Crippen LogP contribution in [-0.4, -0.2) is 25.0 Å². The smallest absolute Gasteiger partial charge is 0.324 e. The molecule has 0 bridgehead atoms. The number of nitrogens with one attached hydrogen (secondary N) is 1. The highest BCUT2D eigenvalue weighted by Gasteiger charge is 2.44. The Morgan fingerprint density at radius 3 is 2.33 bits per heavy atom. The monoisotopic (exact) mass is 308 g/mol. The minimum absolute atomic E-state index is 0.0108. The Kier molecular flexibility index (Phi) is 4.30. The van der Waals surface area contributed by atoms with E-state index in [1.165, 1.54) is 12.1 Å². The molecular formula is C14H16N2O4S. The van der Waals surface area contributed by atoms with Gasteiger partial charge in [0, 0.05) is 0 Å². The van der Waals surface area contributed by atoms with Crippen molar-refractivity contribution in [1.82, 2.24) is 4.72 Å². The average Bonchev–Trinajstić information content (AvgIpc) is 2.89. The lowest BCUT2D eigenvalue weighted by molar-refractivity contribution is -0.143. The molecule has 6 nitrogen and oxygen atoms in total. The third kappa shape index (κ3) is 3.23. The Labute approximate surface area is 123 Å². The van der Waals surface area contributed by atoms with Gasteiger partial charge in [0.15, 0.2) is 0 Å². The first-order valence-electron chi connectivity index (χ1n) is 6.63. The number of carboxylic acid groups (broad SMARTS) is 1. The van der Waals surface area contributed by atoms with E-state index in [0.29, 0.717) is 31.2 Å². The van der Waals surface area contributed by atoms with Gasteiger partial charge in [-0.1, -0.05) is 25.0 Å². The van der Waals surface area contributed by atoms with E-state index in [1.54, 1.807) is 12.1 Å². The molecule has 0 unspecified atom stereocenters. The first kappa shape index (κ1) is 15.5. The topological polar surface area (TPSA) is 107 Å². The Morgan fingerprint density at radius 1 is 1.29 bits per heavy atom. The maximum atomic E-state index is 12.3. The molecule has 2 rings (SSSR count). The normalized spacial score (nSPS) is 17.3. The fourth-order valence-electron chi connectivity index (χ4n) is 2.53. The molecule has 21 heavy (non-hydrogen) atoms. The van der Waals surface area contributed by atoms with Gasteiger partial charge in [0.25, 0.3) is 0 Å². The molecule has 0 atom stereocenters. The van der Waals surface area contributed by atoms with Crippen LogP contribution in [-0.2, 0) is 21.2 Å². The van der Waals surface area contributed by atoms with E-state index < -0.39 is 21.5 Å². The largest absolute Gasteiger partial charge is 0.480 e. The van der Waals surface area contributed by atoms with Crippen molar-refractivity contribution in [2.24, 2.45) is 0 Å². The van der Waals surface area contributed by atoms with Crippen molar-refractivity contribution in [3.8, 4) is 6.07 Å². The average molecular weight is 308 g/mol. The molecule has 0 radical (unpaired) electrons. The fraction of sp³-hybridized carbons (Fsp3) is 0.429. The second-order valence-corrected chi connectivity index (χ2v) is 6.86. The minimum Gasteiger partial charge on any atom is -0.480 e. The second-order valence-electron chi connectivity index (χ2n) is 5.18. The molecular weight excluding hydrogens is 292 g/mol. The molecule has 1 aromatic carbocycles. The third-order valence-corrected chi connectivity index (χ3v) is 5.27. The van der Waals surface area contributed by atoms with Crippen LogP contribution >= 0.6 is 0 Å². The van der Waals surface area contributed by atoms with Crippen LogP contribution in [0.15, 0.2) is 29.2 Å². The molecule has 112 valence electrons. The Bertz CT molecular complexity index is 668. The summed E-state index contributed by atoms with van der Waals surface area (Å²) in [4.78, 5) is 11.4. The highest BCUT2D eigenvalue weighted by atomic mass is 32.2. The molecule has 1 aliphatic rings. The van der Waals surface area contributed by atoms with Gasteiger partial charge in [-0.05, 0) is 30.5 Å². The van der Waals surface area contributed by atoms with Crippen LogP contribution in [0.25, 0.3) is 0 Å². The first-order chi connectivity index (χ1) is 9.89. The number of rotatable bonds is 5. The summed E-state index contributed by atoms with van der Waals surface area (Å²) in [6.45, 7) is 0. The predicted octanol–water partition coefficient (Wildman–Crippen LogP) is 1.43. The number of carbonyl (C=O) groups is 1. The van der Waals surface area contributed by atoms with E-state index in [0.717, 1.165) is 0 Å². The Morgan fingerprint density at radius 2 is 1.86 bits per heavy atom. The zero-order valence-corrected chi connectivity index (χ0v) is 12.2. The van der Waals surface area contributed by atoms with Gasteiger partial charge < -0.3 is 5.11 Å². The van der Waals surface area contributed by atoms with Gasteiger partial charge in [0.1, 0.15) is 5.54 Å². The molecule has 1 aliphatic carbocycles. The standard InChI is InChI=1S/C14H16N2O4S/c15-10-7-11-3-5-12(6-4-11)21(19,20)16-14(13(17)18)8-1-2-9-14/h3-6,16H,1-2,7-9H2,(H,17,18). The molecule has 0 amide bonds. The Balaban J connectivity index is 2.25. The maximum absolute atomic E-state index is 12.3. The van der Waals surface area contributed by atoms with Crippen LogP contribution in [0.4, 0.5) is 0 Å². The summed E-state index contributed by atoms with van der Waals surface area (Å²) in [5, 5.41) is 17.9. The second kappa shape index (κ2) is 5.84. The number of carboxylic acids is 1. The van der Waals surface area contributed by atoms with E-state index in [-0.39, 0.29) is 11.3 Å². The molecule has 7 heteroatoms. The molecule has 0 saturated heterocycles. The van der Waals surface area contributed by atoms with Gasteiger partial charge in [0.2, 0.25) is 10.0 Å². The van der Waals surface area contributed by atoms with Crippen LogP contribution in [0.3, 0.4) is 0 Å². The van der Waals surface area contributed by atoms with Crippen LogP contribution in [0, 0.1) is 11.3 Å². The van der Waals surface area contributed by atoms with Crippen molar-refractivity contribution in [1.29, 1.82) is 5.26 Å². The lowest BCUT2D eigenvalue weighted by Gasteiger charge is -2.25. The molecule has 1 saturated carbocycles. The first-order valence-corrected chi connectivity index (χ1v) is 8.11. The van der Waals surface area contributed by atoms with E-state index in [1.807, 2.05) is 6.07 Å². The quantitative estimate of drug-likeness (QED) is 0.855. The van der Waals surface area contributed by atoms with Crippen molar-refractivity contribution in [2.75, 3.05) is 0 Å². The molecule has 0 heterocycles. The fourth-order valence-corrected chi connectivity index (χ4v) is 3.95. The molecule has 0 aromatic heterocycles. The molecule has 2 N–H and O–H groups in total. The van der Waals surface area contributed by atoms with Gasteiger partial charge >= 0.3 is 5.97 Å². The van der Waals surface area contributed by atoms with Gasteiger partial charge in [-0.2, -0.15) is 9.98 Å². The molecule has 0 aliphatic heterocycles. The van der Waals surface area contributed by atoms with Crippen LogP contribution in [0.1, 0.15) is 31.2 Å². The molecule has 1 fully saturated rings. The SMILES string of the molecule is N#CCc1ccc(S(=O)(=O)NC2(C(=O)O)CCCC2)cc1. The summed E-state index contributed by atoms with van der Waals surface area (Å²) in [6, 6.07) is 7.87. The van der Waals surface area contributed by atoms with E-state index in [2.05, 4.69) is 4.72 Å². The van der Waals surface area contributed by atoms with Crippen molar-refractivity contribution < 1.29 is 18.3 Å². The zero-order chi connectivity index (χ0) is 15.5. The molecule has 0 spiro atoms. The third-order valence-electron chi connectivity index (χ3n) is 3.71. The van der Waals surface area contributed by atoms with Crippen LogP contribution in [0.2, 0.25) is 0 Å². The summed E-state index contributed by atoms with van der Waals surface area (Å²) < 4.78 is 27.0. The number of aliphatic carboxylic acids is 1. The number of benzene rings is 1. The summed E-state index contributed by atoms with van der Waals surface area (Å²) in [5.41, 5.74) is -0.685. The van der Waals surface area contributed by atoms with Crippen molar-refractivity contribution in [3.05, 3.63) is 29.8 Å². The minimum atomic E-state index is -3.89. The van der Waals surface area contributed by atoms with Crippen LogP contribution in [0.5, 0.6) is 0 Å². The lowest BCUT2D eigenvalue weighted by Crippen LogP contribution is -2.52. The lowest BCUT2D eigenvalue weighted by atomic mass is 10.0. The number of hydrogen-bond acceptors (Lipinski definition) is 4. The number of sulfonamides is 1. The van der Waals surface area contributed by atoms with E-state index in [4.69, 9.17) is 5.26 Å². The number of hydrogen-bond donors (Lipinski definition) is 2. The summed E-state index contributed by atoms with van der Waals surface area (Å²) in [7, 11) is -3.89. The highest BCUT2D eigenvalue weighted by Crippen LogP contribution is 2.31. The number of nitriles is 1. The zero-order valence-electron chi connectivity index (χ0n) is 11.4. The Hall–Kier alpha value is -1.91. The van der Waals surface area contributed by atoms with E-state index >= 15 is 0 Å². The summed E-state index contributed by atoms with van der Waals surface area (Å²) in [5.74, 6) is -1.13. The summed E-state index contributed by atoms with van der Waals surface area (Å²) in [6.07, 6.45) is 2.18. The van der Waals surface area contributed by atoms with Crippen molar-refractivity contribution in [2.45, 2.75) is 42.5 Å². The molecule has 1 aromatic rings. The maximum Gasteiger partial charge on any atom is 0.324 e. The van der Waals surface area contributed by atoms with Gasteiger partial charge in [-0.15, -0.1) is 0 Å². The van der Waals surface area contributed by atoms with Gasteiger partial charge in [0.05, 0.1) is 17.4 Å². The van der Waals surface area contributed by atoms with E-state index in [9.17, 15) is 18.3 Å². The predicted molar refractivity (Wildman–Crippen MR) is 74.9 cm³/mol. The highest BCUT2D eigenvalue weighted by molar-refractivity contribution is 7.89. The van der Waals surface area contributed by atoms with Gasteiger partial charge in [-0.3, -0.25) is 4.79 Å². The number of nitrogens with zero attached hydrogens (tertiary/aromatic N) is 1.